The van der Waals surface area contributed by atoms with Crippen LogP contribution in [0.4, 0.5) is 10.5 Å². The number of carbonyl (C=O) groups excluding carboxylic acids is 2. The number of piperidine rings is 1. The van der Waals surface area contributed by atoms with Crippen LogP contribution < -0.4 is 5.32 Å². The summed E-state index contributed by atoms with van der Waals surface area (Å²) in [5, 5.41) is 3.73. The molecule has 2 heterocycles. The van der Waals surface area contributed by atoms with Crippen LogP contribution in [0.1, 0.15) is 41.5 Å². The number of urea groups is 1. The molecule has 1 aliphatic rings. The minimum atomic E-state index is -0.432. The highest BCUT2D eigenvalue weighted by atomic mass is 35.5. The molecular weight excluding hydrogens is 487 g/mol. The fourth-order valence-electron chi connectivity index (χ4n) is 4.34. The number of esters is 1. The van der Waals surface area contributed by atoms with E-state index in [2.05, 4.69) is 27.4 Å². The van der Waals surface area contributed by atoms with E-state index in [1.165, 1.54) is 18.0 Å². The van der Waals surface area contributed by atoms with E-state index < -0.39 is 5.97 Å². The quantitative estimate of drug-likeness (QED) is 0.423. The molecule has 1 saturated heterocycles. The van der Waals surface area contributed by atoms with Gasteiger partial charge in [0, 0.05) is 43.0 Å². The first-order valence-electron chi connectivity index (χ1n) is 11.4. The summed E-state index contributed by atoms with van der Waals surface area (Å²) in [7, 11) is 0. The molecule has 1 aromatic heterocycles. The Balaban J connectivity index is 1.48. The van der Waals surface area contributed by atoms with E-state index >= 15 is 0 Å². The molecule has 9 heteroatoms. The van der Waals surface area contributed by atoms with Crippen molar-refractivity contribution >= 4 is 40.9 Å². The summed E-state index contributed by atoms with van der Waals surface area (Å²) < 4.78 is 5.02. The van der Waals surface area contributed by atoms with Crippen LogP contribution in [0.2, 0.25) is 10.0 Å². The van der Waals surface area contributed by atoms with Crippen molar-refractivity contribution in [3.8, 4) is 0 Å². The lowest BCUT2D eigenvalue weighted by atomic mass is 9.70. The largest absolute Gasteiger partial charge is 0.462 e. The smallest absolute Gasteiger partial charge is 0.341 e. The molecule has 1 fully saturated rings. The lowest BCUT2D eigenvalue weighted by Gasteiger charge is -2.42. The number of hydrogen-bond acceptors (Lipinski definition) is 5. The summed E-state index contributed by atoms with van der Waals surface area (Å²) in [6.45, 7) is 3.20. The first-order chi connectivity index (χ1) is 16.9. The fraction of sp³-hybridized carbons (Fsp3) is 0.308. The third kappa shape index (κ3) is 5.92. The minimum Gasteiger partial charge on any atom is -0.462 e. The molecule has 7 nitrogen and oxygen atoms in total. The maximum atomic E-state index is 12.9. The predicted molar refractivity (Wildman–Crippen MR) is 136 cm³/mol. The van der Waals surface area contributed by atoms with Crippen LogP contribution in [0.25, 0.3) is 0 Å². The maximum Gasteiger partial charge on any atom is 0.341 e. The van der Waals surface area contributed by atoms with Crippen molar-refractivity contribution in [2.45, 2.75) is 31.6 Å². The van der Waals surface area contributed by atoms with Crippen molar-refractivity contribution in [1.29, 1.82) is 0 Å². The molecule has 2 amide bonds. The standard InChI is InChI=1S/C26H26Cl2N4O3/c1-2-35-24(33)18-16-29-23(30-17-18)15-26(19-6-4-3-5-7-19)10-12-32(13-11-26)25(34)31-20-8-9-21(27)22(28)14-20/h3-9,14,16-17H,2,10-13,15H2,1H3,(H,31,34). The molecule has 0 unspecified atom stereocenters. The lowest BCUT2D eigenvalue weighted by Crippen LogP contribution is -2.47. The normalized spacial score (nSPS) is 14.9. The highest BCUT2D eigenvalue weighted by molar-refractivity contribution is 6.42. The average Bonchev–Trinajstić information content (AvgIpc) is 2.88. The van der Waals surface area contributed by atoms with Gasteiger partial charge >= 0.3 is 12.0 Å². The topological polar surface area (TPSA) is 84.4 Å². The van der Waals surface area contributed by atoms with Crippen molar-refractivity contribution in [1.82, 2.24) is 14.9 Å². The van der Waals surface area contributed by atoms with Gasteiger partial charge in [0.15, 0.2) is 0 Å². The van der Waals surface area contributed by atoms with Gasteiger partial charge in [-0.15, -0.1) is 0 Å². The van der Waals surface area contributed by atoms with Gasteiger partial charge in [-0.05, 0) is 43.5 Å². The fourth-order valence-corrected chi connectivity index (χ4v) is 4.64. The van der Waals surface area contributed by atoms with Gasteiger partial charge in [-0.3, -0.25) is 0 Å². The van der Waals surface area contributed by atoms with Crippen LogP contribution in [0.5, 0.6) is 0 Å². The Morgan fingerprint density at radius 3 is 2.34 bits per heavy atom. The lowest BCUT2D eigenvalue weighted by molar-refractivity contribution is 0.0525. The van der Waals surface area contributed by atoms with Gasteiger partial charge in [0.2, 0.25) is 0 Å². The Morgan fingerprint density at radius 2 is 1.71 bits per heavy atom. The number of aromatic nitrogens is 2. The molecule has 0 atom stereocenters. The van der Waals surface area contributed by atoms with E-state index in [1.807, 2.05) is 18.2 Å². The molecule has 182 valence electrons. The van der Waals surface area contributed by atoms with Crippen molar-refractivity contribution < 1.29 is 14.3 Å². The second-order valence-electron chi connectivity index (χ2n) is 8.48. The van der Waals surface area contributed by atoms with Gasteiger partial charge in [-0.25, -0.2) is 19.6 Å². The number of carbonyl (C=O) groups is 2. The molecule has 0 spiro atoms. The number of halogens is 2. The summed E-state index contributed by atoms with van der Waals surface area (Å²) in [5.41, 5.74) is 1.88. The monoisotopic (exact) mass is 512 g/mol. The Kier molecular flexibility index (Phi) is 7.88. The van der Waals surface area contributed by atoms with E-state index in [1.54, 1.807) is 30.0 Å². The van der Waals surface area contributed by atoms with E-state index in [0.717, 1.165) is 12.8 Å². The Hall–Kier alpha value is -3.16. The van der Waals surface area contributed by atoms with Gasteiger partial charge in [0.25, 0.3) is 0 Å². The summed E-state index contributed by atoms with van der Waals surface area (Å²) in [6, 6.07) is 15.1. The molecular formula is C26H26Cl2N4O3. The number of nitrogens with one attached hydrogen (secondary N) is 1. The molecule has 0 radical (unpaired) electrons. The van der Waals surface area contributed by atoms with Gasteiger partial charge in [0.05, 0.1) is 22.2 Å². The molecule has 0 saturated carbocycles. The molecule has 2 aromatic carbocycles. The zero-order valence-electron chi connectivity index (χ0n) is 19.3. The van der Waals surface area contributed by atoms with Crippen LogP contribution in [0, 0.1) is 0 Å². The maximum absolute atomic E-state index is 12.9. The zero-order valence-corrected chi connectivity index (χ0v) is 20.9. The SMILES string of the molecule is CCOC(=O)c1cnc(CC2(c3ccccc3)CCN(C(=O)Nc3ccc(Cl)c(Cl)c3)CC2)nc1. The van der Waals surface area contributed by atoms with E-state index in [0.29, 0.717) is 53.2 Å². The Bertz CT molecular complexity index is 1180. The number of nitrogens with zero attached hydrogens (tertiary/aromatic N) is 3. The first-order valence-corrected chi connectivity index (χ1v) is 12.2. The second kappa shape index (κ2) is 11.1. The minimum absolute atomic E-state index is 0.180. The summed E-state index contributed by atoms with van der Waals surface area (Å²) in [5.74, 6) is 0.216. The van der Waals surface area contributed by atoms with Crippen LogP contribution >= 0.6 is 23.2 Å². The number of likely N-dealkylation sites (tertiary alicyclic amines) is 1. The zero-order chi connectivity index (χ0) is 24.8. The van der Waals surface area contributed by atoms with Crippen LogP contribution in [-0.2, 0) is 16.6 Å². The number of anilines is 1. The Morgan fingerprint density at radius 1 is 1.03 bits per heavy atom. The van der Waals surface area contributed by atoms with Crippen LogP contribution in [0.3, 0.4) is 0 Å². The number of ether oxygens (including phenoxy) is 1. The van der Waals surface area contributed by atoms with Crippen molar-refractivity contribution in [2.75, 3.05) is 25.0 Å². The summed E-state index contributed by atoms with van der Waals surface area (Å²) in [4.78, 5) is 35.5. The third-order valence-corrected chi connectivity index (χ3v) is 7.02. The van der Waals surface area contributed by atoms with Crippen LogP contribution in [-0.4, -0.2) is 46.6 Å². The third-order valence-electron chi connectivity index (χ3n) is 6.28. The van der Waals surface area contributed by atoms with Gasteiger partial charge in [-0.2, -0.15) is 0 Å². The van der Waals surface area contributed by atoms with Gasteiger partial charge in [-0.1, -0.05) is 53.5 Å². The number of amides is 2. The molecule has 0 aliphatic carbocycles. The van der Waals surface area contributed by atoms with E-state index in [9.17, 15) is 9.59 Å². The number of benzene rings is 2. The Labute approximate surface area is 214 Å². The molecule has 35 heavy (non-hydrogen) atoms. The number of hydrogen-bond donors (Lipinski definition) is 1. The number of rotatable bonds is 6. The molecule has 1 aliphatic heterocycles. The summed E-state index contributed by atoms with van der Waals surface area (Å²) in [6.07, 6.45) is 5.11. The predicted octanol–water partition coefficient (Wildman–Crippen LogP) is 5.77. The van der Waals surface area contributed by atoms with E-state index in [-0.39, 0.29) is 11.4 Å². The van der Waals surface area contributed by atoms with Gasteiger partial charge < -0.3 is 15.0 Å². The molecule has 1 N–H and O–H groups in total. The van der Waals surface area contributed by atoms with Crippen molar-refractivity contribution in [3.63, 3.8) is 0 Å². The van der Waals surface area contributed by atoms with Crippen molar-refractivity contribution in [3.05, 3.63) is 87.9 Å². The van der Waals surface area contributed by atoms with E-state index in [4.69, 9.17) is 27.9 Å². The van der Waals surface area contributed by atoms with Gasteiger partial charge in [0.1, 0.15) is 5.82 Å². The molecule has 3 aromatic rings. The average molecular weight is 513 g/mol. The van der Waals surface area contributed by atoms with Crippen LogP contribution in [0.15, 0.2) is 60.9 Å². The summed E-state index contributed by atoms with van der Waals surface area (Å²) >= 11 is 12.0. The van der Waals surface area contributed by atoms with Crippen molar-refractivity contribution in [2.24, 2.45) is 0 Å². The first kappa shape index (κ1) is 24.9. The highest BCUT2D eigenvalue weighted by Gasteiger charge is 2.38. The molecule has 0 bridgehead atoms. The highest BCUT2D eigenvalue weighted by Crippen LogP contribution is 2.38. The molecule has 4 rings (SSSR count). The second-order valence-corrected chi connectivity index (χ2v) is 9.29.